The van der Waals surface area contributed by atoms with Gasteiger partial charge in [-0.2, -0.15) is 13.2 Å². The van der Waals surface area contributed by atoms with Crippen molar-refractivity contribution >= 4 is 11.8 Å². The molecule has 11 heteroatoms. The molecule has 1 aromatic carbocycles. The van der Waals surface area contributed by atoms with E-state index in [2.05, 4.69) is 15.2 Å². The number of hydrogen-bond donors (Lipinski definition) is 4. The van der Waals surface area contributed by atoms with Crippen LogP contribution in [-0.4, -0.2) is 63.5 Å². The van der Waals surface area contributed by atoms with Gasteiger partial charge < -0.3 is 25.4 Å². The lowest BCUT2D eigenvalue weighted by Crippen LogP contribution is -2.38. The maximum Gasteiger partial charge on any atom is 0.417 e. The molecule has 0 radical (unpaired) electrons. The molecule has 188 valence electrons. The Balaban J connectivity index is 0.00000129. The molecule has 3 rings (SSSR count). The summed E-state index contributed by atoms with van der Waals surface area (Å²) in [7, 11) is 0. The number of benzene rings is 1. The maximum atomic E-state index is 13.2. The van der Waals surface area contributed by atoms with E-state index < -0.39 is 23.3 Å². The number of aromatic carboxylic acids is 1. The molecule has 1 aliphatic rings. The predicted octanol–water partition coefficient (Wildman–Crippen LogP) is 3.98. The molecule has 0 bridgehead atoms. The second-order valence-electron chi connectivity index (χ2n) is 7.66. The molecule has 4 N–H and O–H groups in total. The Bertz CT molecular complexity index is 948. The fourth-order valence-electron chi connectivity index (χ4n) is 3.57. The molecule has 1 aromatic heterocycles. The van der Waals surface area contributed by atoms with Gasteiger partial charge in [-0.25, -0.2) is 9.78 Å². The van der Waals surface area contributed by atoms with Crippen LogP contribution in [0, 0.1) is 0 Å². The van der Waals surface area contributed by atoms with Crippen LogP contribution in [0.4, 0.5) is 19.0 Å². The minimum atomic E-state index is -4.78. The summed E-state index contributed by atoms with van der Waals surface area (Å²) in [5.74, 6) is -1.13. The van der Waals surface area contributed by atoms with Gasteiger partial charge in [-0.05, 0) is 50.5 Å². The first-order valence-electron chi connectivity index (χ1n) is 10.9. The van der Waals surface area contributed by atoms with Crippen molar-refractivity contribution in [1.82, 2.24) is 9.88 Å². The number of aromatic nitrogens is 1. The van der Waals surface area contributed by atoms with Crippen molar-refractivity contribution in [3.63, 3.8) is 0 Å². The zero-order valence-electron chi connectivity index (χ0n) is 19.1. The average Bonchev–Trinajstić information content (AvgIpc) is 2.77. The monoisotopic (exact) mass is 485 g/mol. The summed E-state index contributed by atoms with van der Waals surface area (Å²) in [6.07, 6.45) is -2.65. The van der Waals surface area contributed by atoms with Gasteiger partial charge in [-0.1, -0.05) is 6.07 Å². The number of halogens is 3. The quantitative estimate of drug-likeness (QED) is 0.466. The van der Waals surface area contributed by atoms with Crippen LogP contribution in [0.3, 0.4) is 0 Å². The molecule has 8 nitrogen and oxygen atoms in total. The number of carbonyl (C=O) groups is 1. The highest BCUT2D eigenvalue weighted by Crippen LogP contribution is 2.33. The summed E-state index contributed by atoms with van der Waals surface area (Å²) >= 11 is 0. The number of phenolic OH excluding ortho intramolecular Hbond substituents is 1. The first-order chi connectivity index (χ1) is 16.1. The largest absolute Gasteiger partial charge is 0.504 e. The van der Waals surface area contributed by atoms with Crippen LogP contribution >= 0.6 is 0 Å². The van der Waals surface area contributed by atoms with Crippen molar-refractivity contribution in [2.24, 2.45) is 0 Å². The van der Waals surface area contributed by atoms with Crippen LogP contribution in [0.1, 0.15) is 48.2 Å². The Morgan fingerprint density at radius 1 is 1.24 bits per heavy atom. The van der Waals surface area contributed by atoms with Crippen molar-refractivity contribution in [1.29, 1.82) is 0 Å². The third kappa shape index (κ3) is 7.77. The zero-order chi connectivity index (χ0) is 25.3. The highest BCUT2D eigenvalue weighted by atomic mass is 19.4. The van der Waals surface area contributed by atoms with Crippen molar-refractivity contribution in [3.05, 3.63) is 47.2 Å². The standard InChI is InChI=1S/C21H24F3N3O4.C2H6O/c1-2-31-18-9-13(3-4-17(18)28)12-27-7-5-14(6-8-27)26-19-10-16(21(22,23)24)15(11-25-19)20(29)30;1-2-3/h3-4,9-11,14,28H,2,5-8,12H2,1H3,(H,25,26)(H,29,30);3H,2H2,1H3. The van der Waals surface area contributed by atoms with Crippen LogP contribution in [-0.2, 0) is 12.7 Å². The third-order valence-electron chi connectivity index (χ3n) is 5.11. The summed E-state index contributed by atoms with van der Waals surface area (Å²) < 4.78 is 44.9. The summed E-state index contributed by atoms with van der Waals surface area (Å²) in [4.78, 5) is 17.1. The van der Waals surface area contributed by atoms with Gasteiger partial charge in [0.05, 0.1) is 17.7 Å². The van der Waals surface area contributed by atoms with Crippen LogP contribution in [0.15, 0.2) is 30.5 Å². The number of hydrogen-bond acceptors (Lipinski definition) is 7. The first kappa shape index (κ1) is 27.2. The number of nitrogens with zero attached hydrogens (tertiary/aromatic N) is 2. The normalized spacial score (nSPS) is 14.8. The van der Waals surface area contributed by atoms with Crippen molar-refractivity contribution in [2.45, 2.75) is 45.5 Å². The van der Waals surface area contributed by atoms with Gasteiger partial charge in [0, 0.05) is 38.5 Å². The number of rotatable bonds is 7. The molecule has 0 spiro atoms. The number of likely N-dealkylation sites (tertiary alicyclic amines) is 1. The number of carboxylic acid groups (broad SMARTS) is 1. The highest BCUT2D eigenvalue weighted by molar-refractivity contribution is 5.89. The van der Waals surface area contributed by atoms with Crippen molar-refractivity contribution < 1.29 is 38.0 Å². The molecular weight excluding hydrogens is 455 g/mol. The van der Waals surface area contributed by atoms with Gasteiger partial charge in [0.2, 0.25) is 0 Å². The maximum absolute atomic E-state index is 13.2. The molecule has 0 atom stereocenters. The molecule has 1 fully saturated rings. The molecule has 0 saturated carbocycles. The van der Waals surface area contributed by atoms with Gasteiger partial charge in [0.1, 0.15) is 5.82 Å². The van der Waals surface area contributed by atoms with Crippen LogP contribution in [0.2, 0.25) is 0 Å². The van der Waals surface area contributed by atoms with Gasteiger partial charge in [0.25, 0.3) is 0 Å². The van der Waals surface area contributed by atoms with Gasteiger partial charge in [0.15, 0.2) is 11.5 Å². The Labute approximate surface area is 196 Å². The Hall–Kier alpha value is -3.05. The van der Waals surface area contributed by atoms with Crippen molar-refractivity contribution in [2.75, 3.05) is 31.6 Å². The molecular formula is C23H30F3N3O5. The molecule has 34 heavy (non-hydrogen) atoms. The fraction of sp³-hybridized carbons (Fsp3) is 0.478. The second-order valence-corrected chi connectivity index (χ2v) is 7.66. The number of alkyl halides is 3. The SMILES string of the molecule is CCO.CCOc1cc(CN2CCC(Nc3cc(C(F)(F)F)c(C(=O)O)cn3)CC2)ccc1O. The molecule has 0 aliphatic carbocycles. The number of aliphatic hydroxyl groups excluding tert-OH is 1. The summed E-state index contributed by atoms with van der Waals surface area (Å²) in [6.45, 7) is 6.33. The number of anilines is 1. The molecule has 1 saturated heterocycles. The van der Waals surface area contributed by atoms with E-state index >= 15 is 0 Å². The predicted molar refractivity (Wildman–Crippen MR) is 120 cm³/mol. The number of carboxylic acids is 1. The topological polar surface area (TPSA) is 115 Å². The second kappa shape index (κ2) is 12.4. The number of pyridine rings is 1. The summed E-state index contributed by atoms with van der Waals surface area (Å²) in [5.41, 5.74) is -1.09. The first-order valence-corrected chi connectivity index (χ1v) is 10.9. The fourth-order valence-corrected chi connectivity index (χ4v) is 3.57. The molecule has 0 amide bonds. The summed E-state index contributed by atoms with van der Waals surface area (Å²) in [5, 5.41) is 29.3. The number of phenols is 1. The molecule has 1 aliphatic heterocycles. The van der Waals surface area contributed by atoms with E-state index in [0.29, 0.717) is 31.7 Å². The van der Waals surface area contributed by atoms with E-state index in [1.54, 1.807) is 19.1 Å². The smallest absolute Gasteiger partial charge is 0.417 e. The van der Waals surface area contributed by atoms with E-state index in [0.717, 1.165) is 30.9 Å². The zero-order valence-corrected chi connectivity index (χ0v) is 19.1. The minimum absolute atomic E-state index is 0.00988. The van der Waals surface area contributed by atoms with Crippen LogP contribution in [0.5, 0.6) is 11.5 Å². The van der Waals surface area contributed by atoms with Crippen LogP contribution < -0.4 is 10.1 Å². The number of piperidine rings is 1. The van der Waals surface area contributed by atoms with E-state index in [1.807, 2.05) is 13.0 Å². The lowest BCUT2D eigenvalue weighted by atomic mass is 10.0. The molecule has 0 unspecified atom stereocenters. The average molecular weight is 486 g/mol. The Kier molecular flexibility index (Phi) is 9.94. The number of aromatic hydroxyl groups is 1. The number of ether oxygens (including phenoxy) is 1. The van der Waals surface area contributed by atoms with Gasteiger partial charge >= 0.3 is 12.1 Å². The molecule has 2 heterocycles. The van der Waals surface area contributed by atoms with E-state index in [1.165, 1.54) is 0 Å². The minimum Gasteiger partial charge on any atom is -0.504 e. The molecule has 2 aromatic rings. The third-order valence-corrected chi connectivity index (χ3v) is 5.11. The van der Waals surface area contributed by atoms with E-state index in [9.17, 15) is 23.1 Å². The number of aliphatic hydroxyl groups is 1. The van der Waals surface area contributed by atoms with Crippen LogP contribution in [0.25, 0.3) is 0 Å². The van der Waals surface area contributed by atoms with Gasteiger partial charge in [-0.3, -0.25) is 4.90 Å². The number of nitrogens with one attached hydrogen (secondary N) is 1. The van der Waals surface area contributed by atoms with E-state index in [4.69, 9.17) is 14.9 Å². The van der Waals surface area contributed by atoms with Gasteiger partial charge in [-0.15, -0.1) is 0 Å². The highest BCUT2D eigenvalue weighted by Gasteiger charge is 2.36. The summed E-state index contributed by atoms with van der Waals surface area (Å²) in [6, 6.07) is 5.91. The Morgan fingerprint density at radius 2 is 1.88 bits per heavy atom. The lowest BCUT2D eigenvalue weighted by molar-refractivity contribution is -0.138. The van der Waals surface area contributed by atoms with Crippen molar-refractivity contribution in [3.8, 4) is 11.5 Å². The van der Waals surface area contributed by atoms with E-state index in [-0.39, 0.29) is 24.2 Å². The lowest BCUT2D eigenvalue weighted by Gasteiger charge is -2.32. The Morgan fingerprint density at radius 3 is 2.44 bits per heavy atom.